The fraction of sp³-hybridized carbons (Fsp3) is 0.417. The molecule has 0 aromatic carbocycles. The molecule has 3 heteroatoms. The van der Waals surface area contributed by atoms with Crippen LogP contribution >= 0.6 is 0 Å². The highest BCUT2D eigenvalue weighted by molar-refractivity contribution is 5.76. The molecule has 2 radical (unpaired) electrons. The largest absolute Gasteiger partial charge is 0.305 e. The van der Waals surface area contributed by atoms with Crippen LogP contribution < -0.4 is 0 Å². The van der Waals surface area contributed by atoms with Gasteiger partial charge in [-0.2, -0.15) is 0 Å². The number of aryl methyl sites for hydroxylation is 3. The number of aromatic nitrogens is 3. The van der Waals surface area contributed by atoms with Crippen molar-refractivity contribution in [3.63, 3.8) is 0 Å². The highest BCUT2D eigenvalue weighted by Gasteiger charge is 2.10. The van der Waals surface area contributed by atoms with Crippen LogP contribution in [-0.4, -0.2) is 14.5 Å². The molecular weight excluding hydrogens is 186 g/mol. The average molecular weight is 201 g/mol. The van der Waals surface area contributed by atoms with E-state index in [1.807, 2.05) is 19.9 Å². The summed E-state index contributed by atoms with van der Waals surface area (Å²) in [5.74, 6) is 0.911. The predicted molar refractivity (Wildman–Crippen MR) is 60.7 cm³/mol. The highest BCUT2D eigenvalue weighted by atomic mass is 15.1. The van der Waals surface area contributed by atoms with Crippen molar-refractivity contribution in [3.05, 3.63) is 30.2 Å². The minimum Gasteiger partial charge on any atom is -0.305 e. The normalized spacial score (nSPS) is 11.2. The molecule has 0 saturated heterocycles. The van der Waals surface area contributed by atoms with E-state index in [1.165, 1.54) is 0 Å². The molecular formula is C12H15N3. The van der Waals surface area contributed by atoms with Crippen LogP contribution in [0.2, 0.25) is 0 Å². The number of hydrogen-bond donors (Lipinski definition) is 0. The van der Waals surface area contributed by atoms with Crippen molar-refractivity contribution < 1.29 is 0 Å². The second-order valence-electron chi connectivity index (χ2n) is 3.90. The first-order valence-corrected chi connectivity index (χ1v) is 5.24. The summed E-state index contributed by atoms with van der Waals surface area (Å²) in [4.78, 5) is 8.93. The van der Waals surface area contributed by atoms with Gasteiger partial charge in [-0.05, 0) is 31.9 Å². The average Bonchev–Trinajstić information content (AvgIpc) is 2.47. The molecule has 0 amide bonds. The molecule has 3 nitrogen and oxygen atoms in total. The minimum atomic E-state index is 0.788. The predicted octanol–water partition coefficient (Wildman–Crippen LogP) is 2.52. The number of fused-ring (bicyclic) bond motifs is 1. The summed E-state index contributed by atoms with van der Waals surface area (Å²) in [7, 11) is 5.95. The van der Waals surface area contributed by atoms with Gasteiger partial charge in [-0.25, -0.2) is 9.97 Å². The van der Waals surface area contributed by atoms with Crippen LogP contribution in [0.3, 0.4) is 0 Å². The maximum absolute atomic E-state index is 5.95. The summed E-state index contributed by atoms with van der Waals surface area (Å²) in [5.41, 5.74) is 3.83. The standard InChI is InChI=1S/C12H15N3/c1-5-6-10-14-11-8(2)7-9(3)13-12(11)15(10)4/h4,7H,5-6H2,1-3H3. The SMILES string of the molecule is [CH]n1c(CCC)nc2c(C)cc(C)nc21. The molecule has 15 heavy (non-hydrogen) atoms. The Hall–Kier alpha value is -1.38. The van der Waals surface area contributed by atoms with Crippen molar-refractivity contribution in [3.8, 4) is 0 Å². The Morgan fingerprint density at radius 2 is 2.07 bits per heavy atom. The number of hydrogen-bond acceptors (Lipinski definition) is 2. The molecule has 2 heterocycles. The lowest BCUT2D eigenvalue weighted by Crippen LogP contribution is -1.96. The van der Waals surface area contributed by atoms with E-state index in [0.29, 0.717) is 0 Å². The second-order valence-corrected chi connectivity index (χ2v) is 3.90. The Morgan fingerprint density at radius 1 is 1.33 bits per heavy atom. The van der Waals surface area contributed by atoms with Gasteiger partial charge < -0.3 is 4.57 Å². The molecule has 2 rings (SSSR count). The second kappa shape index (κ2) is 3.65. The van der Waals surface area contributed by atoms with Crippen molar-refractivity contribution in [2.24, 2.45) is 0 Å². The summed E-state index contributed by atoms with van der Waals surface area (Å²) >= 11 is 0. The van der Waals surface area contributed by atoms with Gasteiger partial charge in [-0.1, -0.05) is 6.92 Å². The Bertz CT molecular complexity index is 497. The van der Waals surface area contributed by atoms with Crippen molar-refractivity contribution in [1.82, 2.24) is 14.5 Å². The molecule has 0 aliphatic carbocycles. The van der Waals surface area contributed by atoms with E-state index in [-0.39, 0.29) is 0 Å². The maximum atomic E-state index is 5.95. The van der Waals surface area contributed by atoms with Crippen molar-refractivity contribution in [1.29, 1.82) is 0 Å². The first-order valence-electron chi connectivity index (χ1n) is 5.24. The van der Waals surface area contributed by atoms with E-state index in [0.717, 1.165) is 41.1 Å². The van der Waals surface area contributed by atoms with Gasteiger partial charge in [0.1, 0.15) is 11.3 Å². The third-order valence-corrected chi connectivity index (χ3v) is 2.51. The van der Waals surface area contributed by atoms with Gasteiger partial charge in [-0.3, -0.25) is 0 Å². The molecule has 0 bridgehead atoms. The number of rotatable bonds is 2. The molecule has 0 aliphatic heterocycles. The van der Waals surface area contributed by atoms with E-state index in [1.54, 1.807) is 4.57 Å². The van der Waals surface area contributed by atoms with Gasteiger partial charge in [-0.15, -0.1) is 0 Å². The van der Waals surface area contributed by atoms with Crippen LogP contribution in [0.25, 0.3) is 11.2 Å². The molecule has 0 spiro atoms. The van der Waals surface area contributed by atoms with E-state index < -0.39 is 0 Å². The Labute approximate surface area is 90.2 Å². The molecule has 78 valence electrons. The van der Waals surface area contributed by atoms with E-state index in [2.05, 4.69) is 16.9 Å². The van der Waals surface area contributed by atoms with Crippen LogP contribution in [0.15, 0.2) is 6.07 Å². The lowest BCUT2D eigenvalue weighted by atomic mass is 10.2. The number of pyridine rings is 1. The first kappa shape index (κ1) is 10.1. The molecule has 0 N–H and O–H groups in total. The lowest BCUT2D eigenvalue weighted by molar-refractivity contribution is 0.813. The van der Waals surface area contributed by atoms with Crippen molar-refractivity contribution >= 4 is 11.2 Å². The Kier molecular flexibility index (Phi) is 2.47. The van der Waals surface area contributed by atoms with Gasteiger partial charge in [0.2, 0.25) is 0 Å². The summed E-state index contributed by atoms with van der Waals surface area (Å²) in [5, 5.41) is 0. The molecule has 0 atom stereocenters. The Morgan fingerprint density at radius 3 is 2.73 bits per heavy atom. The van der Waals surface area contributed by atoms with Crippen LogP contribution in [0.5, 0.6) is 0 Å². The third-order valence-electron chi connectivity index (χ3n) is 2.51. The van der Waals surface area contributed by atoms with E-state index in [9.17, 15) is 0 Å². The third kappa shape index (κ3) is 1.62. The van der Waals surface area contributed by atoms with Crippen molar-refractivity contribution in [2.75, 3.05) is 0 Å². The molecule has 0 saturated carbocycles. The minimum absolute atomic E-state index is 0.788. The molecule has 2 aromatic rings. The van der Waals surface area contributed by atoms with Gasteiger partial charge in [0.15, 0.2) is 5.65 Å². The zero-order valence-corrected chi connectivity index (χ0v) is 9.41. The fourth-order valence-electron chi connectivity index (χ4n) is 1.82. The first-order chi connectivity index (χ1) is 7.13. The monoisotopic (exact) mass is 201 g/mol. The summed E-state index contributed by atoms with van der Waals surface area (Å²) in [6.45, 7) is 6.13. The highest BCUT2D eigenvalue weighted by Crippen LogP contribution is 2.18. The molecule has 0 fully saturated rings. The topological polar surface area (TPSA) is 30.7 Å². The lowest BCUT2D eigenvalue weighted by Gasteiger charge is -1.99. The van der Waals surface area contributed by atoms with Crippen molar-refractivity contribution in [2.45, 2.75) is 33.6 Å². The van der Waals surface area contributed by atoms with Gasteiger partial charge >= 0.3 is 0 Å². The number of nitrogens with zero attached hydrogens (tertiary/aromatic N) is 3. The van der Waals surface area contributed by atoms with Gasteiger partial charge in [0.05, 0.1) is 7.05 Å². The summed E-state index contributed by atoms with van der Waals surface area (Å²) in [6.07, 6.45) is 1.93. The van der Waals surface area contributed by atoms with Crippen LogP contribution in [0.4, 0.5) is 0 Å². The van der Waals surface area contributed by atoms with Gasteiger partial charge in [0, 0.05) is 12.1 Å². The zero-order valence-electron chi connectivity index (χ0n) is 9.41. The smallest absolute Gasteiger partial charge is 0.160 e. The van der Waals surface area contributed by atoms with Crippen LogP contribution in [0, 0.1) is 20.9 Å². The summed E-state index contributed by atoms with van der Waals surface area (Å²) < 4.78 is 1.61. The van der Waals surface area contributed by atoms with Gasteiger partial charge in [0.25, 0.3) is 0 Å². The molecule has 0 unspecified atom stereocenters. The van der Waals surface area contributed by atoms with Crippen LogP contribution in [-0.2, 0) is 6.42 Å². The quantitative estimate of drug-likeness (QED) is 0.747. The molecule has 0 aliphatic rings. The number of imidazole rings is 1. The zero-order chi connectivity index (χ0) is 11.0. The van der Waals surface area contributed by atoms with E-state index >= 15 is 0 Å². The molecule has 2 aromatic heterocycles. The maximum Gasteiger partial charge on any atom is 0.160 e. The summed E-state index contributed by atoms with van der Waals surface area (Å²) in [6, 6.07) is 2.03. The Balaban J connectivity index is 2.70. The fourth-order valence-corrected chi connectivity index (χ4v) is 1.82. The van der Waals surface area contributed by atoms with Crippen LogP contribution in [0.1, 0.15) is 30.4 Å². The van der Waals surface area contributed by atoms with E-state index in [4.69, 9.17) is 7.05 Å².